The smallest absolute Gasteiger partial charge is 0.416 e. The van der Waals surface area contributed by atoms with Gasteiger partial charge in [-0.05, 0) is 37.3 Å². The van der Waals surface area contributed by atoms with Gasteiger partial charge < -0.3 is 9.67 Å². The zero-order valence-corrected chi connectivity index (χ0v) is 15.8. The summed E-state index contributed by atoms with van der Waals surface area (Å²) in [5.41, 5.74) is -0.768. The molecular formula is C18H12ClF3N2O3S. The number of carboxylic acids is 1. The van der Waals surface area contributed by atoms with Crippen molar-refractivity contribution in [2.24, 2.45) is 4.99 Å². The number of aliphatic carboxylic acids is 1. The highest BCUT2D eigenvalue weighted by molar-refractivity contribution is 7.17. The second kappa shape index (κ2) is 7.40. The summed E-state index contributed by atoms with van der Waals surface area (Å²) in [6.45, 7) is 1.41. The lowest BCUT2D eigenvalue weighted by atomic mass is 10.1. The Morgan fingerprint density at radius 2 is 1.89 bits per heavy atom. The fourth-order valence-corrected chi connectivity index (χ4v) is 3.96. The number of carbonyl (C=O) groups excluding carboxylic acids is 1. The van der Waals surface area contributed by atoms with Crippen LogP contribution < -0.4 is 4.80 Å². The van der Waals surface area contributed by atoms with Crippen LogP contribution in [0.5, 0.6) is 0 Å². The molecule has 28 heavy (non-hydrogen) atoms. The van der Waals surface area contributed by atoms with Crippen LogP contribution in [0.25, 0.3) is 10.2 Å². The minimum atomic E-state index is -4.60. The fourth-order valence-electron chi connectivity index (χ4n) is 2.57. The van der Waals surface area contributed by atoms with Gasteiger partial charge in [0.25, 0.3) is 5.91 Å². The third kappa shape index (κ3) is 3.81. The summed E-state index contributed by atoms with van der Waals surface area (Å²) in [6, 6.07) is 7.67. The first-order valence-corrected chi connectivity index (χ1v) is 9.07. The molecule has 0 aliphatic heterocycles. The molecule has 1 unspecified atom stereocenters. The molecule has 0 radical (unpaired) electrons. The van der Waals surface area contributed by atoms with Crippen LogP contribution in [0.15, 0.2) is 47.5 Å². The van der Waals surface area contributed by atoms with Crippen molar-refractivity contribution in [1.29, 1.82) is 0 Å². The molecule has 0 saturated heterocycles. The van der Waals surface area contributed by atoms with Gasteiger partial charge in [0.2, 0.25) is 0 Å². The van der Waals surface area contributed by atoms with Crippen LogP contribution >= 0.6 is 22.9 Å². The second-order valence-electron chi connectivity index (χ2n) is 5.85. The van der Waals surface area contributed by atoms with Crippen molar-refractivity contribution >= 4 is 45.0 Å². The molecular weight excluding hydrogens is 417 g/mol. The van der Waals surface area contributed by atoms with Crippen LogP contribution in [0.1, 0.15) is 28.9 Å². The number of hydrogen-bond donors (Lipinski definition) is 1. The van der Waals surface area contributed by atoms with E-state index in [0.717, 1.165) is 23.5 Å². The lowest BCUT2D eigenvalue weighted by Gasteiger charge is -2.10. The molecule has 3 rings (SSSR count). The molecule has 1 atom stereocenters. The summed E-state index contributed by atoms with van der Waals surface area (Å²) < 4.78 is 40.5. The summed E-state index contributed by atoms with van der Waals surface area (Å²) >= 11 is 7.14. The number of halogens is 4. The van der Waals surface area contributed by atoms with Crippen molar-refractivity contribution in [3.63, 3.8) is 0 Å². The number of amides is 1. The maximum atomic E-state index is 12.9. The van der Waals surface area contributed by atoms with E-state index in [1.807, 2.05) is 0 Å². The molecule has 146 valence electrons. The maximum Gasteiger partial charge on any atom is 0.416 e. The number of alkyl halides is 3. The molecule has 0 aliphatic rings. The van der Waals surface area contributed by atoms with Gasteiger partial charge in [-0.3, -0.25) is 4.79 Å². The van der Waals surface area contributed by atoms with Crippen LogP contribution in [-0.4, -0.2) is 21.6 Å². The van der Waals surface area contributed by atoms with Crippen LogP contribution in [0.4, 0.5) is 13.2 Å². The molecule has 10 heteroatoms. The molecule has 0 saturated carbocycles. The quantitative estimate of drug-likeness (QED) is 0.653. The zero-order chi connectivity index (χ0) is 20.6. The molecule has 1 N–H and O–H groups in total. The first kappa shape index (κ1) is 20.1. The minimum absolute atomic E-state index is 0.0282. The Hall–Kier alpha value is -2.65. The standard InChI is InChI=1S/C18H12ClF3N2O3S/c1-9(16(26)27)24-13-7-3-6-12(19)14(13)28-17(24)23-15(25)10-4-2-5-11(8-10)18(20,21)22/h2-9H,1H3,(H,26,27)/b23-17-. The van der Waals surface area contributed by atoms with Crippen molar-refractivity contribution < 1.29 is 27.9 Å². The average Bonchev–Trinajstić information content (AvgIpc) is 2.99. The largest absolute Gasteiger partial charge is 0.480 e. The van der Waals surface area contributed by atoms with E-state index in [9.17, 15) is 27.9 Å². The number of hydrogen-bond acceptors (Lipinski definition) is 3. The summed E-state index contributed by atoms with van der Waals surface area (Å²) in [5.74, 6) is -2.08. The number of aromatic nitrogens is 1. The van der Waals surface area contributed by atoms with Gasteiger partial charge >= 0.3 is 12.1 Å². The van der Waals surface area contributed by atoms with E-state index in [1.54, 1.807) is 18.2 Å². The molecule has 0 bridgehead atoms. The second-order valence-corrected chi connectivity index (χ2v) is 7.24. The van der Waals surface area contributed by atoms with Gasteiger partial charge in [0.15, 0.2) is 4.80 Å². The number of rotatable bonds is 3. The molecule has 0 aliphatic carbocycles. The first-order chi connectivity index (χ1) is 13.1. The minimum Gasteiger partial charge on any atom is -0.480 e. The zero-order valence-electron chi connectivity index (χ0n) is 14.2. The Morgan fingerprint density at radius 1 is 1.21 bits per heavy atom. The van der Waals surface area contributed by atoms with Crippen molar-refractivity contribution in [3.05, 3.63) is 63.4 Å². The predicted molar refractivity (Wildman–Crippen MR) is 98.5 cm³/mol. The third-order valence-corrected chi connectivity index (χ3v) is 5.51. The van der Waals surface area contributed by atoms with E-state index >= 15 is 0 Å². The Bertz CT molecular complexity index is 1150. The highest BCUT2D eigenvalue weighted by Crippen LogP contribution is 2.30. The molecule has 0 spiro atoms. The fraction of sp³-hybridized carbons (Fsp3) is 0.167. The van der Waals surface area contributed by atoms with Crippen molar-refractivity contribution in [2.75, 3.05) is 0 Å². The summed E-state index contributed by atoms with van der Waals surface area (Å²) in [4.78, 5) is 27.9. The lowest BCUT2D eigenvalue weighted by Crippen LogP contribution is -2.25. The summed E-state index contributed by atoms with van der Waals surface area (Å²) in [6.07, 6.45) is -4.60. The Labute approximate surface area is 165 Å². The van der Waals surface area contributed by atoms with Gasteiger partial charge in [-0.15, -0.1) is 0 Å². The normalized spacial score (nSPS) is 13.7. The van der Waals surface area contributed by atoms with Gasteiger partial charge in [0.05, 0.1) is 20.8 Å². The molecule has 2 aromatic carbocycles. The number of thiazole rings is 1. The molecule has 0 fully saturated rings. The number of carbonyl (C=O) groups is 2. The lowest BCUT2D eigenvalue weighted by molar-refractivity contribution is -0.140. The van der Waals surface area contributed by atoms with Gasteiger partial charge in [0, 0.05) is 5.56 Å². The van der Waals surface area contributed by atoms with Crippen LogP contribution in [0, 0.1) is 0 Å². The molecule has 3 aromatic rings. The molecule has 5 nitrogen and oxygen atoms in total. The Kier molecular flexibility index (Phi) is 5.31. The first-order valence-electron chi connectivity index (χ1n) is 7.88. The number of fused-ring (bicyclic) bond motifs is 1. The van der Waals surface area contributed by atoms with Crippen LogP contribution in [0.2, 0.25) is 5.02 Å². The molecule has 1 heterocycles. The van der Waals surface area contributed by atoms with E-state index in [1.165, 1.54) is 17.6 Å². The summed E-state index contributed by atoms with van der Waals surface area (Å²) in [7, 11) is 0. The Balaban J connectivity index is 2.19. The van der Waals surface area contributed by atoms with E-state index in [0.29, 0.717) is 21.3 Å². The highest BCUT2D eigenvalue weighted by atomic mass is 35.5. The number of benzene rings is 2. The monoisotopic (exact) mass is 428 g/mol. The van der Waals surface area contributed by atoms with Gasteiger partial charge in [-0.1, -0.05) is 35.1 Å². The number of nitrogens with zero attached hydrogens (tertiary/aromatic N) is 2. The summed E-state index contributed by atoms with van der Waals surface area (Å²) in [5, 5.41) is 9.73. The molecule has 1 amide bonds. The van der Waals surface area contributed by atoms with Gasteiger partial charge in [0.1, 0.15) is 6.04 Å². The Morgan fingerprint density at radius 3 is 2.54 bits per heavy atom. The average molecular weight is 429 g/mol. The van der Waals surface area contributed by atoms with Crippen molar-refractivity contribution in [3.8, 4) is 0 Å². The predicted octanol–water partition coefficient (Wildman–Crippen LogP) is 4.76. The van der Waals surface area contributed by atoms with Gasteiger partial charge in [-0.2, -0.15) is 18.2 Å². The van der Waals surface area contributed by atoms with Crippen molar-refractivity contribution in [1.82, 2.24) is 4.57 Å². The van der Waals surface area contributed by atoms with E-state index < -0.39 is 29.7 Å². The van der Waals surface area contributed by atoms with E-state index in [2.05, 4.69) is 4.99 Å². The van der Waals surface area contributed by atoms with E-state index in [-0.39, 0.29) is 10.4 Å². The number of carboxylic acid groups (broad SMARTS) is 1. The van der Waals surface area contributed by atoms with E-state index in [4.69, 9.17) is 11.6 Å². The van der Waals surface area contributed by atoms with Crippen LogP contribution in [0.3, 0.4) is 0 Å². The SMILES string of the molecule is CC(C(=O)O)n1/c(=N/C(=O)c2cccc(C(F)(F)F)c2)sc2c(Cl)cccc21. The topological polar surface area (TPSA) is 71.7 Å². The van der Waals surface area contributed by atoms with Gasteiger partial charge in [-0.25, -0.2) is 4.79 Å². The van der Waals surface area contributed by atoms with Crippen LogP contribution in [-0.2, 0) is 11.0 Å². The third-order valence-electron chi connectivity index (χ3n) is 3.98. The van der Waals surface area contributed by atoms with Crippen molar-refractivity contribution in [2.45, 2.75) is 19.1 Å². The maximum absolute atomic E-state index is 12.9. The highest BCUT2D eigenvalue weighted by Gasteiger charge is 2.31. The molecule has 1 aromatic heterocycles.